The van der Waals surface area contributed by atoms with Gasteiger partial charge in [0.25, 0.3) is 5.91 Å². The lowest BCUT2D eigenvalue weighted by Gasteiger charge is -2.30. The quantitative estimate of drug-likeness (QED) is 0.186. The van der Waals surface area contributed by atoms with E-state index in [1.54, 1.807) is 109 Å². The minimum Gasteiger partial charge on any atom is -0.461 e. The highest BCUT2D eigenvalue weighted by atomic mass is 16.6. The van der Waals surface area contributed by atoms with Crippen LogP contribution in [0.3, 0.4) is 0 Å². The monoisotopic (exact) mass is 676 g/mol. The van der Waals surface area contributed by atoms with Crippen molar-refractivity contribution in [2.24, 2.45) is 0 Å². The molecular weight excluding hydrogens is 640 g/mol. The molecule has 2 aliphatic rings. The third-order valence-corrected chi connectivity index (χ3v) is 8.88. The Morgan fingerprint density at radius 3 is 2.14 bits per heavy atom. The molecule has 4 aromatic rings. The van der Waals surface area contributed by atoms with Crippen molar-refractivity contribution in [3.63, 3.8) is 0 Å². The summed E-state index contributed by atoms with van der Waals surface area (Å²) in [4.78, 5) is 67.1. The first-order valence-electron chi connectivity index (χ1n) is 16.3. The Morgan fingerprint density at radius 2 is 1.48 bits per heavy atom. The lowest BCUT2D eigenvalue weighted by atomic mass is 9.91. The van der Waals surface area contributed by atoms with Crippen molar-refractivity contribution >= 4 is 29.7 Å². The molecule has 11 nitrogen and oxygen atoms in total. The summed E-state index contributed by atoms with van der Waals surface area (Å²) in [6.07, 6.45) is -3.59. The molecule has 256 valence electrons. The first-order chi connectivity index (χ1) is 24.2. The summed E-state index contributed by atoms with van der Waals surface area (Å²) in [7, 11) is 0. The van der Waals surface area contributed by atoms with Crippen LogP contribution in [0.2, 0.25) is 0 Å². The maximum Gasteiger partial charge on any atom is 0.338 e. The van der Waals surface area contributed by atoms with Gasteiger partial charge in [-0.2, -0.15) is 0 Å². The molecule has 1 saturated heterocycles. The zero-order valence-electron chi connectivity index (χ0n) is 27.3. The highest BCUT2D eigenvalue weighted by Gasteiger charge is 2.47. The minimum absolute atomic E-state index is 0.0129. The van der Waals surface area contributed by atoms with Gasteiger partial charge >= 0.3 is 17.9 Å². The number of carbonyl (C=O) groups is 5. The van der Waals surface area contributed by atoms with Crippen molar-refractivity contribution < 1.29 is 43.3 Å². The van der Waals surface area contributed by atoms with Crippen LogP contribution in [0, 0.1) is 0 Å². The molecule has 0 aromatic heterocycles. The lowest BCUT2D eigenvalue weighted by Crippen LogP contribution is -2.42. The molecule has 50 heavy (non-hydrogen) atoms. The van der Waals surface area contributed by atoms with Gasteiger partial charge in [-0.05, 0) is 41.0 Å². The summed E-state index contributed by atoms with van der Waals surface area (Å²) in [5.41, 5.74) is 2.90. The summed E-state index contributed by atoms with van der Waals surface area (Å²) >= 11 is 0. The number of hydrogen-bond donors (Lipinski definition) is 2. The summed E-state index contributed by atoms with van der Waals surface area (Å²) in [5.74, 6) is -2.86. The van der Waals surface area contributed by atoms with Gasteiger partial charge in [0.1, 0.15) is 18.8 Å². The zero-order valence-corrected chi connectivity index (χ0v) is 27.3. The molecule has 2 aliphatic heterocycles. The first-order valence-corrected chi connectivity index (χ1v) is 16.3. The molecule has 5 atom stereocenters. The molecule has 1 fully saturated rings. The van der Waals surface area contributed by atoms with E-state index in [0.29, 0.717) is 33.4 Å². The van der Waals surface area contributed by atoms with Crippen LogP contribution in [0.25, 0.3) is 0 Å². The molecule has 0 unspecified atom stereocenters. The van der Waals surface area contributed by atoms with Crippen LogP contribution in [-0.2, 0) is 41.6 Å². The molecule has 6 rings (SSSR count). The number of amides is 2. The fourth-order valence-electron chi connectivity index (χ4n) is 6.52. The Morgan fingerprint density at radius 1 is 0.840 bits per heavy atom. The van der Waals surface area contributed by atoms with Gasteiger partial charge in [0.05, 0.1) is 30.6 Å². The number of nitrogens with zero attached hydrogens (tertiary/aromatic N) is 1. The molecule has 0 radical (unpaired) electrons. The maximum atomic E-state index is 13.7. The largest absolute Gasteiger partial charge is 0.461 e. The first kappa shape index (κ1) is 34.1. The number of aliphatic hydroxyl groups excluding tert-OH is 1. The number of nitrogens with one attached hydrogen (secondary N) is 1. The Hall–Kier alpha value is -5.81. The van der Waals surface area contributed by atoms with Gasteiger partial charge in [-0.3, -0.25) is 14.4 Å². The van der Waals surface area contributed by atoms with Gasteiger partial charge < -0.3 is 29.5 Å². The van der Waals surface area contributed by atoms with E-state index in [9.17, 15) is 29.1 Å². The van der Waals surface area contributed by atoms with Gasteiger partial charge in [0.15, 0.2) is 6.10 Å². The van der Waals surface area contributed by atoms with Crippen LogP contribution in [0.1, 0.15) is 68.5 Å². The zero-order chi connectivity index (χ0) is 35.2. The highest BCUT2D eigenvalue weighted by molar-refractivity contribution is 5.95. The normalized spacial score (nSPS) is 19.2. The van der Waals surface area contributed by atoms with Gasteiger partial charge in [-0.25, -0.2) is 9.59 Å². The maximum absolute atomic E-state index is 13.7. The van der Waals surface area contributed by atoms with Crippen molar-refractivity contribution in [3.8, 4) is 0 Å². The van der Waals surface area contributed by atoms with Crippen molar-refractivity contribution in [3.05, 3.63) is 143 Å². The SMILES string of the molecule is CC(=O)OCc1cccc2c1[C@H](OC(=O)c1ccccc1)[C@H]1C[C@H](OC(=O)[C@H](O)[C@@H](NC(=O)c3ccccc3)c3ccccc3)CN1C(=O)C2. The second-order valence-corrected chi connectivity index (χ2v) is 12.2. The number of fused-ring (bicyclic) bond motifs is 2. The molecule has 2 heterocycles. The standard InChI is InChI=1S/C39H36N2O9/c1-24(42)48-23-29-19-11-18-28-20-32(43)41-22-30(21-31(41)36(33(28)29)50-38(46)27-16-9-4-10-17-27)49-39(47)35(44)34(25-12-5-2-6-13-25)40-37(45)26-14-7-3-8-15-26/h2-19,30-31,34-36,44H,20-23H2,1H3,(H,40,45)/t30-,31+,34-,35+,36+/m0/s1. The minimum atomic E-state index is -1.79. The number of benzene rings is 4. The van der Waals surface area contributed by atoms with E-state index >= 15 is 0 Å². The average molecular weight is 677 g/mol. The van der Waals surface area contributed by atoms with Gasteiger partial charge in [-0.1, -0.05) is 84.9 Å². The fraction of sp³-hybridized carbons (Fsp3) is 0.256. The Bertz CT molecular complexity index is 1870. The lowest BCUT2D eigenvalue weighted by molar-refractivity contribution is -0.160. The molecule has 2 amide bonds. The second-order valence-electron chi connectivity index (χ2n) is 12.2. The third-order valence-electron chi connectivity index (χ3n) is 8.88. The number of carbonyl (C=O) groups excluding carboxylic acids is 5. The van der Waals surface area contributed by atoms with Crippen LogP contribution >= 0.6 is 0 Å². The fourth-order valence-corrected chi connectivity index (χ4v) is 6.52. The summed E-state index contributed by atoms with van der Waals surface area (Å²) in [6.45, 7) is 1.18. The van der Waals surface area contributed by atoms with E-state index in [1.807, 2.05) is 0 Å². The Labute approximate surface area is 288 Å². The van der Waals surface area contributed by atoms with Crippen LogP contribution in [0.15, 0.2) is 109 Å². The molecule has 2 N–H and O–H groups in total. The number of hydrogen-bond acceptors (Lipinski definition) is 9. The van der Waals surface area contributed by atoms with Gasteiger partial charge in [0.2, 0.25) is 5.91 Å². The molecule has 0 saturated carbocycles. The van der Waals surface area contributed by atoms with Gasteiger partial charge in [-0.15, -0.1) is 0 Å². The Balaban J connectivity index is 1.26. The molecule has 4 aromatic carbocycles. The number of ether oxygens (including phenoxy) is 3. The summed E-state index contributed by atoms with van der Waals surface area (Å²) in [5, 5.41) is 14.1. The predicted octanol–water partition coefficient (Wildman–Crippen LogP) is 4.25. The number of esters is 3. The Kier molecular flexibility index (Phi) is 10.3. The predicted molar refractivity (Wildman–Crippen MR) is 179 cm³/mol. The van der Waals surface area contributed by atoms with Crippen molar-refractivity contribution in [2.45, 2.75) is 56.8 Å². The van der Waals surface area contributed by atoms with Crippen LogP contribution in [0.5, 0.6) is 0 Å². The van der Waals surface area contributed by atoms with Gasteiger partial charge in [0, 0.05) is 24.5 Å². The molecule has 0 bridgehead atoms. The number of rotatable bonds is 10. The smallest absolute Gasteiger partial charge is 0.338 e. The van der Waals surface area contributed by atoms with E-state index < -0.39 is 54.2 Å². The van der Waals surface area contributed by atoms with E-state index in [0.717, 1.165) is 0 Å². The average Bonchev–Trinajstić information content (AvgIpc) is 3.52. The van der Waals surface area contributed by atoms with E-state index in [-0.39, 0.29) is 31.9 Å². The summed E-state index contributed by atoms with van der Waals surface area (Å²) < 4.78 is 17.3. The van der Waals surface area contributed by atoms with E-state index in [1.165, 1.54) is 11.8 Å². The van der Waals surface area contributed by atoms with E-state index in [4.69, 9.17) is 14.2 Å². The molecule has 0 spiro atoms. The third kappa shape index (κ3) is 7.58. The summed E-state index contributed by atoms with van der Waals surface area (Å²) in [6, 6.07) is 28.8. The van der Waals surface area contributed by atoms with Crippen molar-refractivity contribution in [1.29, 1.82) is 0 Å². The molecule has 11 heteroatoms. The molecular formula is C39H36N2O9. The second kappa shape index (κ2) is 15.2. The van der Waals surface area contributed by atoms with Crippen molar-refractivity contribution in [1.82, 2.24) is 10.2 Å². The van der Waals surface area contributed by atoms with Crippen LogP contribution in [-0.4, -0.2) is 64.5 Å². The van der Waals surface area contributed by atoms with Crippen LogP contribution < -0.4 is 5.32 Å². The topological polar surface area (TPSA) is 149 Å². The number of aliphatic hydroxyl groups is 1. The molecule has 0 aliphatic carbocycles. The van der Waals surface area contributed by atoms with E-state index in [2.05, 4.69) is 5.32 Å². The van der Waals surface area contributed by atoms with Crippen LogP contribution in [0.4, 0.5) is 0 Å². The van der Waals surface area contributed by atoms with Crippen molar-refractivity contribution in [2.75, 3.05) is 6.54 Å². The highest BCUT2D eigenvalue weighted by Crippen LogP contribution is 2.41.